The highest BCUT2D eigenvalue weighted by Crippen LogP contribution is 2.34. The van der Waals surface area contributed by atoms with Crippen LogP contribution in [-0.2, 0) is 14.6 Å². The van der Waals surface area contributed by atoms with Gasteiger partial charge in [-0.3, -0.25) is 4.79 Å². The van der Waals surface area contributed by atoms with Gasteiger partial charge in [0, 0.05) is 6.04 Å². The van der Waals surface area contributed by atoms with Crippen LogP contribution in [0.4, 0.5) is 4.39 Å². The summed E-state index contributed by atoms with van der Waals surface area (Å²) < 4.78 is 35.7. The summed E-state index contributed by atoms with van der Waals surface area (Å²) in [6.45, 7) is 0.261. The Hall–Kier alpha value is -0.690. The maximum absolute atomic E-state index is 13.0. The third-order valence-electron chi connectivity index (χ3n) is 4.51. The number of rotatable bonds is 3. The highest BCUT2D eigenvalue weighted by Gasteiger charge is 2.43. The number of carbonyl (C=O) groups is 1. The zero-order valence-electron chi connectivity index (χ0n) is 10.8. The average molecular weight is 293 g/mol. The molecule has 2 heterocycles. The van der Waals surface area contributed by atoms with E-state index in [0.29, 0.717) is 38.8 Å². The van der Waals surface area contributed by atoms with Crippen LogP contribution in [0.3, 0.4) is 0 Å². The Morgan fingerprint density at radius 3 is 2.21 bits per heavy atom. The molecule has 0 aromatic rings. The minimum Gasteiger partial charge on any atom is -0.481 e. The van der Waals surface area contributed by atoms with Gasteiger partial charge in [0.1, 0.15) is 16.5 Å². The van der Waals surface area contributed by atoms with E-state index in [-0.39, 0.29) is 17.5 Å². The van der Waals surface area contributed by atoms with Gasteiger partial charge in [-0.1, -0.05) is 0 Å². The lowest BCUT2D eigenvalue weighted by Gasteiger charge is -2.42. The lowest BCUT2D eigenvalue weighted by molar-refractivity contribution is -0.153. The molecule has 0 unspecified atom stereocenters. The first-order valence-corrected chi connectivity index (χ1v) is 8.44. The first kappa shape index (κ1) is 14.7. The van der Waals surface area contributed by atoms with Gasteiger partial charge in [-0.15, -0.1) is 0 Å². The van der Waals surface area contributed by atoms with E-state index in [1.54, 1.807) is 0 Å². The Morgan fingerprint density at radius 1 is 1.26 bits per heavy atom. The zero-order valence-corrected chi connectivity index (χ0v) is 11.7. The molecule has 0 saturated carbocycles. The average Bonchev–Trinajstić information content (AvgIpc) is 2.39. The molecule has 0 atom stereocenters. The van der Waals surface area contributed by atoms with Crippen molar-refractivity contribution in [3.8, 4) is 0 Å². The molecule has 0 radical (unpaired) electrons. The number of sulfone groups is 1. The van der Waals surface area contributed by atoms with Crippen LogP contribution in [0, 0.1) is 5.41 Å². The second kappa shape index (κ2) is 5.36. The van der Waals surface area contributed by atoms with Crippen molar-refractivity contribution in [2.75, 3.05) is 31.3 Å². The van der Waals surface area contributed by atoms with Crippen LogP contribution < -0.4 is 0 Å². The standard InChI is InChI=1S/C12H20FNO4S/c13-9-12(11(15)16)3-5-14(6-4-12)10-1-7-19(17,18)8-2-10/h10H,1-9H2,(H,15,16). The minimum atomic E-state index is -2.88. The van der Waals surface area contributed by atoms with Crippen LogP contribution in [-0.4, -0.2) is 61.7 Å². The van der Waals surface area contributed by atoms with Gasteiger partial charge in [0.2, 0.25) is 0 Å². The molecule has 2 fully saturated rings. The summed E-state index contributed by atoms with van der Waals surface area (Å²) in [5.41, 5.74) is -1.22. The molecule has 0 aliphatic carbocycles. The molecule has 0 amide bonds. The number of carboxylic acids is 1. The number of hydrogen-bond donors (Lipinski definition) is 1. The highest BCUT2D eigenvalue weighted by molar-refractivity contribution is 7.91. The number of nitrogens with zero attached hydrogens (tertiary/aromatic N) is 1. The topological polar surface area (TPSA) is 74.7 Å². The second-order valence-corrected chi connectivity index (χ2v) is 7.94. The zero-order chi connectivity index (χ0) is 14.1. The summed E-state index contributed by atoms with van der Waals surface area (Å²) in [6.07, 6.45) is 1.83. The van der Waals surface area contributed by atoms with Crippen molar-refractivity contribution >= 4 is 15.8 Å². The molecular formula is C12H20FNO4S. The highest BCUT2D eigenvalue weighted by atomic mass is 32.2. The normalized spacial score (nSPS) is 28.1. The predicted octanol–water partition coefficient (Wildman–Crippen LogP) is 0.700. The molecule has 7 heteroatoms. The quantitative estimate of drug-likeness (QED) is 0.829. The molecule has 0 aromatic heterocycles. The van der Waals surface area contributed by atoms with E-state index in [0.717, 1.165) is 0 Å². The molecule has 19 heavy (non-hydrogen) atoms. The molecule has 0 bridgehead atoms. The summed E-state index contributed by atoms with van der Waals surface area (Å²) in [5.74, 6) is -0.635. The number of aliphatic carboxylic acids is 1. The number of halogens is 1. The first-order valence-electron chi connectivity index (χ1n) is 6.62. The third-order valence-corrected chi connectivity index (χ3v) is 6.22. The number of hydrogen-bond acceptors (Lipinski definition) is 4. The number of carboxylic acid groups (broad SMARTS) is 1. The molecule has 5 nitrogen and oxygen atoms in total. The Balaban J connectivity index is 1.92. The van der Waals surface area contributed by atoms with E-state index in [1.807, 2.05) is 0 Å². The maximum Gasteiger partial charge on any atom is 0.312 e. The van der Waals surface area contributed by atoms with E-state index in [2.05, 4.69) is 4.90 Å². The maximum atomic E-state index is 13.0. The van der Waals surface area contributed by atoms with Gasteiger partial charge >= 0.3 is 5.97 Å². The summed E-state index contributed by atoms with van der Waals surface area (Å²) >= 11 is 0. The Morgan fingerprint density at radius 2 is 1.79 bits per heavy atom. The van der Waals surface area contributed by atoms with Crippen LogP contribution in [0.1, 0.15) is 25.7 Å². The molecule has 2 rings (SSSR count). The first-order chi connectivity index (χ1) is 8.88. The minimum absolute atomic E-state index is 0.204. The van der Waals surface area contributed by atoms with E-state index in [1.165, 1.54) is 0 Å². The van der Waals surface area contributed by atoms with Crippen molar-refractivity contribution in [1.29, 1.82) is 0 Å². The lowest BCUT2D eigenvalue weighted by Crippen LogP contribution is -2.50. The van der Waals surface area contributed by atoms with Crippen LogP contribution >= 0.6 is 0 Å². The Kier molecular flexibility index (Phi) is 4.15. The van der Waals surface area contributed by atoms with Crippen LogP contribution in [0.5, 0.6) is 0 Å². The van der Waals surface area contributed by atoms with Crippen molar-refractivity contribution < 1.29 is 22.7 Å². The number of alkyl halides is 1. The molecule has 110 valence electrons. The van der Waals surface area contributed by atoms with Crippen LogP contribution in [0.2, 0.25) is 0 Å². The smallest absolute Gasteiger partial charge is 0.312 e. The van der Waals surface area contributed by atoms with E-state index in [4.69, 9.17) is 5.11 Å². The van der Waals surface area contributed by atoms with Crippen molar-refractivity contribution in [2.24, 2.45) is 5.41 Å². The van der Waals surface area contributed by atoms with Crippen LogP contribution in [0.25, 0.3) is 0 Å². The second-order valence-electron chi connectivity index (χ2n) is 5.64. The van der Waals surface area contributed by atoms with Crippen LogP contribution in [0.15, 0.2) is 0 Å². The largest absolute Gasteiger partial charge is 0.481 e. The summed E-state index contributed by atoms with van der Waals surface area (Å²) in [5, 5.41) is 9.12. The van der Waals surface area contributed by atoms with Gasteiger partial charge in [-0.2, -0.15) is 0 Å². The van der Waals surface area contributed by atoms with Crippen molar-refractivity contribution in [3.05, 3.63) is 0 Å². The molecule has 2 aliphatic heterocycles. The fourth-order valence-corrected chi connectivity index (χ4v) is 4.43. The number of likely N-dealkylation sites (tertiary alicyclic amines) is 1. The molecule has 2 aliphatic rings. The summed E-state index contributed by atoms with van der Waals surface area (Å²) in [4.78, 5) is 13.3. The van der Waals surface area contributed by atoms with Crippen molar-refractivity contribution in [1.82, 2.24) is 4.90 Å². The van der Waals surface area contributed by atoms with Crippen molar-refractivity contribution in [3.63, 3.8) is 0 Å². The molecule has 2 saturated heterocycles. The fourth-order valence-electron chi connectivity index (χ4n) is 2.96. The molecular weight excluding hydrogens is 273 g/mol. The SMILES string of the molecule is O=C(O)C1(CF)CCN(C2CCS(=O)(=O)CC2)CC1. The fraction of sp³-hybridized carbons (Fsp3) is 0.917. The Bertz CT molecular complexity index is 429. The van der Waals surface area contributed by atoms with Gasteiger partial charge in [-0.25, -0.2) is 12.8 Å². The van der Waals surface area contributed by atoms with E-state index in [9.17, 15) is 17.6 Å². The van der Waals surface area contributed by atoms with Crippen molar-refractivity contribution in [2.45, 2.75) is 31.7 Å². The monoisotopic (exact) mass is 293 g/mol. The molecule has 0 spiro atoms. The number of piperidine rings is 1. The lowest BCUT2D eigenvalue weighted by atomic mass is 9.79. The summed E-state index contributed by atoms with van der Waals surface area (Å²) in [6, 6.07) is 0.204. The van der Waals surface area contributed by atoms with Gasteiger partial charge in [0.25, 0.3) is 0 Å². The van der Waals surface area contributed by atoms with Gasteiger partial charge < -0.3 is 10.0 Å². The van der Waals surface area contributed by atoms with Gasteiger partial charge in [0.05, 0.1) is 16.9 Å². The predicted molar refractivity (Wildman–Crippen MR) is 68.5 cm³/mol. The third kappa shape index (κ3) is 3.08. The molecule has 0 aromatic carbocycles. The van der Waals surface area contributed by atoms with E-state index >= 15 is 0 Å². The van der Waals surface area contributed by atoms with Gasteiger partial charge in [0.15, 0.2) is 0 Å². The van der Waals surface area contributed by atoms with E-state index < -0.39 is 27.9 Å². The Labute approximate surface area is 112 Å². The molecule has 1 N–H and O–H groups in total. The van der Waals surface area contributed by atoms with Gasteiger partial charge in [-0.05, 0) is 38.8 Å². The summed E-state index contributed by atoms with van der Waals surface area (Å²) in [7, 11) is -2.88.